The van der Waals surface area contributed by atoms with Crippen LogP contribution in [0.4, 0.5) is 0 Å². The van der Waals surface area contributed by atoms with Crippen LogP contribution in [-0.2, 0) is 0 Å². The minimum Gasteiger partial charge on any atom is -0.237 e. The molecule has 0 fully saturated rings. The van der Waals surface area contributed by atoms with Crippen LogP contribution in [0.25, 0.3) is 44.7 Å². The van der Waals surface area contributed by atoms with Gasteiger partial charge in [0.25, 0.3) is 0 Å². The van der Waals surface area contributed by atoms with Crippen molar-refractivity contribution < 1.29 is 0 Å². The zero-order valence-electron chi connectivity index (χ0n) is 14.9. The van der Waals surface area contributed by atoms with E-state index in [1.54, 1.807) is 22.7 Å². The van der Waals surface area contributed by atoms with Crippen LogP contribution in [-0.4, -0.2) is 9.97 Å². The second-order valence-corrected chi connectivity index (χ2v) is 8.50. The van der Waals surface area contributed by atoms with E-state index >= 15 is 0 Å². The van der Waals surface area contributed by atoms with Crippen LogP contribution in [0.5, 0.6) is 0 Å². The van der Waals surface area contributed by atoms with Crippen LogP contribution < -0.4 is 0 Å². The highest BCUT2D eigenvalue weighted by Crippen LogP contribution is 2.24. The van der Waals surface area contributed by atoms with Crippen molar-refractivity contribution in [1.29, 1.82) is 0 Å². The normalized spacial score (nSPS) is 12.0. The summed E-state index contributed by atoms with van der Waals surface area (Å²) in [5.41, 5.74) is 4.43. The Morgan fingerprint density at radius 3 is 1.54 bits per heavy atom. The molecule has 0 aliphatic rings. The summed E-state index contributed by atoms with van der Waals surface area (Å²) in [7, 11) is 0. The molecule has 0 N–H and O–H groups in total. The highest BCUT2D eigenvalue weighted by molar-refractivity contribution is 7.19. The molecule has 28 heavy (non-hydrogen) atoms. The van der Waals surface area contributed by atoms with Crippen LogP contribution in [0.15, 0.2) is 72.8 Å². The molecule has 0 bridgehead atoms. The number of hydrogen-bond acceptors (Lipinski definition) is 4. The summed E-state index contributed by atoms with van der Waals surface area (Å²) in [6.45, 7) is 0. The molecule has 4 heteroatoms. The van der Waals surface area contributed by atoms with Gasteiger partial charge in [-0.3, -0.25) is 0 Å². The number of nitrogens with zero attached hydrogens (tertiary/aromatic N) is 2. The van der Waals surface area contributed by atoms with E-state index in [4.69, 9.17) is 0 Å². The lowest BCUT2D eigenvalue weighted by Crippen LogP contribution is -1.76. The monoisotopic (exact) mass is 396 g/mol. The average Bonchev–Trinajstić information content (AvgIpc) is 3.34. The van der Waals surface area contributed by atoms with Crippen molar-refractivity contribution in [2.75, 3.05) is 0 Å². The van der Waals surface area contributed by atoms with E-state index in [1.165, 1.54) is 9.40 Å². The number of rotatable bonds is 4. The van der Waals surface area contributed by atoms with E-state index in [0.29, 0.717) is 0 Å². The van der Waals surface area contributed by atoms with Gasteiger partial charge in [-0.05, 0) is 53.6 Å². The van der Waals surface area contributed by atoms with E-state index in [1.807, 2.05) is 12.1 Å². The zero-order chi connectivity index (χ0) is 18.8. The topological polar surface area (TPSA) is 25.8 Å². The van der Waals surface area contributed by atoms with Crippen molar-refractivity contribution >= 4 is 67.4 Å². The van der Waals surface area contributed by atoms with Gasteiger partial charge < -0.3 is 0 Å². The number of hydrogen-bond donors (Lipinski definition) is 0. The van der Waals surface area contributed by atoms with Crippen LogP contribution >= 0.6 is 22.7 Å². The van der Waals surface area contributed by atoms with Gasteiger partial charge in [0.15, 0.2) is 0 Å². The molecule has 0 atom stereocenters. The fraction of sp³-hybridized carbons (Fsp3) is 0. The smallest absolute Gasteiger partial charge is 0.117 e. The summed E-state index contributed by atoms with van der Waals surface area (Å²) < 4.78 is 2.43. The van der Waals surface area contributed by atoms with Gasteiger partial charge in [-0.15, -0.1) is 22.7 Å². The van der Waals surface area contributed by atoms with Gasteiger partial charge in [0.1, 0.15) is 10.0 Å². The average molecular weight is 397 g/mol. The molecule has 5 aromatic rings. The number of aromatic nitrogens is 2. The van der Waals surface area contributed by atoms with Gasteiger partial charge in [-0.2, -0.15) is 0 Å². The minimum atomic E-state index is 1.02. The number of fused-ring (bicyclic) bond motifs is 2. The summed E-state index contributed by atoms with van der Waals surface area (Å²) in [6, 6.07) is 24.9. The maximum Gasteiger partial charge on any atom is 0.117 e. The van der Waals surface area contributed by atoms with E-state index in [9.17, 15) is 0 Å². The summed E-state index contributed by atoms with van der Waals surface area (Å²) in [5, 5.41) is 2.05. The first-order valence-corrected chi connectivity index (χ1v) is 10.6. The summed E-state index contributed by atoms with van der Waals surface area (Å²) in [6.07, 6.45) is 8.40. The quantitative estimate of drug-likeness (QED) is 0.320. The molecule has 0 aliphatic carbocycles. The largest absolute Gasteiger partial charge is 0.237 e. The van der Waals surface area contributed by atoms with Gasteiger partial charge in [0.2, 0.25) is 0 Å². The fourth-order valence-corrected chi connectivity index (χ4v) is 4.76. The van der Waals surface area contributed by atoms with Gasteiger partial charge in [-0.25, -0.2) is 9.97 Å². The van der Waals surface area contributed by atoms with Crippen LogP contribution in [0, 0.1) is 0 Å². The van der Waals surface area contributed by atoms with Gasteiger partial charge in [0.05, 0.1) is 20.4 Å². The van der Waals surface area contributed by atoms with Crippen LogP contribution in [0.1, 0.15) is 21.1 Å². The summed E-state index contributed by atoms with van der Waals surface area (Å²) in [5.74, 6) is 0. The van der Waals surface area contributed by atoms with E-state index < -0.39 is 0 Å². The molecule has 0 saturated heterocycles. The molecular formula is C24H16N2S2. The SMILES string of the molecule is C(=Cc1nc2ccccc2s1)c1cccc(C=Cc2nc3ccccc3s2)c1. The fourth-order valence-electron chi connectivity index (χ4n) is 3.02. The molecule has 0 spiro atoms. The van der Waals surface area contributed by atoms with E-state index in [0.717, 1.165) is 32.2 Å². The number of para-hydroxylation sites is 2. The summed E-state index contributed by atoms with van der Waals surface area (Å²) in [4.78, 5) is 9.32. The van der Waals surface area contributed by atoms with Crippen molar-refractivity contribution in [2.24, 2.45) is 0 Å². The second kappa shape index (κ2) is 7.50. The highest BCUT2D eigenvalue weighted by Gasteiger charge is 2.01. The Kier molecular flexibility index (Phi) is 4.57. The molecule has 134 valence electrons. The lowest BCUT2D eigenvalue weighted by atomic mass is 10.1. The molecule has 2 heterocycles. The zero-order valence-corrected chi connectivity index (χ0v) is 16.6. The van der Waals surface area contributed by atoms with Gasteiger partial charge >= 0.3 is 0 Å². The maximum absolute atomic E-state index is 4.66. The van der Waals surface area contributed by atoms with Crippen molar-refractivity contribution in [3.8, 4) is 0 Å². The van der Waals surface area contributed by atoms with Crippen LogP contribution in [0.2, 0.25) is 0 Å². The standard InChI is InChI=1S/C24H16N2S2/c1-3-10-21-19(8-1)25-23(27-21)14-12-17-6-5-7-18(16-17)13-15-24-26-20-9-2-4-11-22(20)28-24/h1-16H. The van der Waals surface area contributed by atoms with E-state index in [-0.39, 0.29) is 0 Å². The lowest BCUT2D eigenvalue weighted by molar-refractivity contribution is 1.46. The molecule has 0 amide bonds. The number of benzene rings is 3. The summed E-state index contributed by atoms with van der Waals surface area (Å²) >= 11 is 3.42. The Morgan fingerprint density at radius 2 is 1.04 bits per heavy atom. The van der Waals surface area contributed by atoms with Crippen molar-refractivity contribution in [3.05, 3.63) is 93.9 Å². The van der Waals surface area contributed by atoms with Crippen LogP contribution in [0.3, 0.4) is 0 Å². The number of thiazole rings is 2. The van der Waals surface area contributed by atoms with Crippen molar-refractivity contribution in [2.45, 2.75) is 0 Å². The third-order valence-electron chi connectivity index (χ3n) is 4.37. The first-order valence-electron chi connectivity index (χ1n) is 9.01. The highest BCUT2D eigenvalue weighted by atomic mass is 32.1. The third kappa shape index (κ3) is 3.65. The Hall–Kier alpha value is -3.08. The van der Waals surface area contributed by atoms with Gasteiger partial charge in [0, 0.05) is 0 Å². The minimum absolute atomic E-state index is 1.02. The Bertz CT molecular complexity index is 1160. The Morgan fingerprint density at radius 1 is 0.536 bits per heavy atom. The van der Waals surface area contributed by atoms with Gasteiger partial charge in [-0.1, -0.05) is 54.6 Å². The predicted molar refractivity (Wildman–Crippen MR) is 124 cm³/mol. The Balaban J connectivity index is 1.36. The molecule has 2 aromatic heterocycles. The molecule has 0 saturated carbocycles. The Labute approximate surface area is 171 Å². The molecule has 0 radical (unpaired) electrons. The van der Waals surface area contributed by atoms with Crippen molar-refractivity contribution in [3.63, 3.8) is 0 Å². The first kappa shape index (κ1) is 17.0. The third-order valence-corrected chi connectivity index (χ3v) is 6.37. The maximum atomic E-state index is 4.66. The molecule has 2 nitrogen and oxygen atoms in total. The molecular weight excluding hydrogens is 380 g/mol. The molecule has 5 rings (SSSR count). The van der Waals surface area contributed by atoms with E-state index in [2.05, 4.69) is 94.9 Å². The predicted octanol–water partition coefficient (Wildman–Crippen LogP) is 7.25. The molecule has 0 unspecified atom stereocenters. The lowest BCUT2D eigenvalue weighted by Gasteiger charge is -1.96. The second-order valence-electron chi connectivity index (χ2n) is 6.38. The molecule has 0 aliphatic heterocycles. The first-order chi connectivity index (χ1) is 13.8. The molecule has 3 aromatic carbocycles. The van der Waals surface area contributed by atoms with Crippen molar-refractivity contribution in [1.82, 2.24) is 9.97 Å².